The zero-order chi connectivity index (χ0) is 17.6. The molecular weight excluding hydrogens is 320 g/mol. The highest BCUT2D eigenvalue weighted by Crippen LogP contribution is 2.31. The molecule has 1 aliphatic rings. The zero-order valence-electron chi connectivity index (χ0n) is 14.6. The van der Waals surface area contributed by atoms with Crippen LogP contribution in [0.5, 0.6) is 11.5 Å². The van der Waals surface area contributed by atoms with Crippen LogP contribution in [0.25, 0.3) is 0 Å². The summed E-state index contributed by atoms with van der Waals surface area (Å²) in [5, 5.41) is 7.19. The van der Waals surface area contributed by atoms with Crippen LogP contribution in [0.2, 0.25) is 0 Å². The number of carbonyl (C=O) groups is 1. The summed E-state index contributed by atoms with van der Waals surface area (Å²) in [6.07, 6.45) is 3.62. The molecule has 3 rings (SSSR count). The van der Waals surface area contributed by atoms with Gasteiger partial charge in [0.1, 0.15) is 13.2 Å². The van der Waals surface area contributed by atoms with Crippen LogP contribution in [-0.4, -0.2) is 46.5 Å². The van der Waals surface area contributed by atoms with E-state index in [1.165, 1.54) is 0 Å². The Morgan fingerprint density at radius 2 is 2.16 bits per heavy atom. The summed E-state index contributed by atoms with van der Waals surface area (Å²) in [5.74, 6) is 1.50. The number of nitrogens with zero attached hydrogens (tertiary/aromatic N) is 3. The predicted molar refractivity (Wildman–Crippen MR) is 93.7 cm³/mol. The summed E-state index contributed by atoms with van der Waals surface area (Å²) in [5.41, 5.74) is 1.01. The first kappa shape index (κ1) is 17.1. The number of rotatable bonds is 6. The Morgan fingerprint density at radius 1 is 1.36 bits per heavy atom. The minimum Gasteiger partial charge on any atom is -0.486 e. The second-order valence-electron chi connectivity index (χ2n) is 6.07. The van der Waals surface area contributed by atoms with Gasteiger partial charge in [0.25, 0.3) is 0 Å². The predicted octanol–water partition coefficient (Wildman–Crippen LogP) is 2.27. The van der Waals surface area contributed by atoms with Crippen molar-refractivity contribution in [2.75, 3.05) is 19.8 Å². The van der Waals surface area contributed by atoms with E-state index in [-0.39, 0.29) is 12.1 Å². The SMILES string of the molecule is CCN(Cc1ccc2c(c1)OCCO2)C(=O)NC(C)Cn1cccn1. The molecule has 0 fully saturated rings. The third kappa shape index (κ3) is 4.43. The van der Waals surface area contributed by atoms with Crippen molar-refractivity contribution in [3.63, 3.8) is 0 Å². The molecule has 1 unspecified atom stereocenters. The molecule has 0 spiro atoms. The molecule has 0 saturated carbocycles. The van der Waals surface area contributed by atoms with E-state index in [9.17, 15) is 4.79 Å². The van der Waals surface area contributed by atoms with E-state index in [1.807, 2.05) is 49.0 Å². The topological polar surface area (TPSA) is 68.6 Å². The van der Waals surface area contributed by atoms with Crippen molar-refractivity contribution >= 4 is 6.03 Å². The first-order valence-corrected chi connectivity index (χ1v) is 8.57. The van der Waals surface area contributed by atoms with Crippen LogP contribution in [0.15, 0.2) is 36.7 Å². The lowest BCUT2D eigenvalue weighted by Gasteiger charge is -2.25. The number of nitrogens with one attached hydrogen (secondary N) is 1. The number of carbonyl (C=O) groups excluding carboxylic acids is 1. The van der Waals surface area contributed by atoms with Crippen LogP contribution in [-0.2, 0) is 13.1 Å². The van der Waals surface area contributed by atoms with Crippen LogP contribution >= 0.6 is 0 Å². The van der Waals surface area contributed by atoms with Crippen molar-refractivity contribution in [2.45, 2.75) is 33.0 Å². The lowest BCUT2D eigenvalue weighted by atomic mass is 10.2. The van der Waals surface area contributed by atoms with Crippen LogP contribution in [0, 0.1) is 0 Å². The average molecular weight is 344 g/mol. The van der Waals surface area contributed by atoms with Gasteiger partial charge in [-0.25, -0.2) is 4.79 Å². The van der Waals surface area contributed by atoms with E-state index < -0.39 is 0 Å². The Kier molecular flexibility index (Phi) is 5.42. The highest BCUT2D eigenvalue weighted by Gasteiger charge is 2.17. The molecule has 2 aromatic rings. The van der Waals surface area contributed by atoms with Gasteiger partial charge in [-0.15, -0.1) is 0 Å². The highest BCUT2D eigenvalue weighted by atomic mass is 16.6. The van der Waals surface area contributed by atoms with Gasteiger partial charge in [0, 0.05) is 31.5 Å². The van der Waals surface area contributed by atoms with Gasteiger partial charge in [-0.1, -0.05) is 6.07 Å². The molecule has 1 aliphatic heterocycles. The van der Waals surface area contributed by atoms with E-state index in [1.54, 1.807) is 11.1 Å². The smallest absolute Gasteiger partial charge is 0.317 e. The van der Waals surface area contributed by atoms with Gasteiger partial charge in [-0.2, -0.15) is 5.10 Å². The van der Waals surface area contributed by atoms with Gasteiger partial charge < -0.3 is 19.7 Å². The average Bonchev–Trinajstić information content (AvgIpc) is 3.12. The van der Waals surface area contributed by atoms with Crippen molar-refractivity contribution in [1.82, 2.24) is 20.0 Å². The monoisotopic (exact) mass is 344 g/mol. The molecular formula is C18H24N4O3. The molecule has 2 amide bonds. The van der Waals surface area contributed by atoms with Crippen LogP contribution in [0.3, 0.4) is 0 Å². The fourth-order valence-electron chi connectivity index (χ4n) is 2.77. The van der Waals surface area contributed by atoms with Crippen LogP contribution in [0.4, 0.5) is 4.79 Å². The molecule has 7 nitrogen and oxygen atoms in total. The van der Waals surface area contributed by atoms with Gasteiger partial charge in [-0.05, 0) is 37.6 Å². The second-order valence-corrected chi connectivity index (χ2v) is 6.07. The van der Waals surface area contributed by atoms with Crippen LogP contribution < -0.4 is 14.8 Å². The van der Waals surface area contributed by atoms with E-state index in [2.05, 4.69) is 10.4 Å². The summed E-state index contributed by atoms with van der Waals surface area (Å²) >= 11 is 0. The van der Waals surface area contributed by atoms with Crippen molar-refractivity contribution in [2.24, 2.45) is 0 Å². The summed E-state index contributed by atoms with van der Waals surface area (Å²) in [6, 6.07) is 7.58. The molecule has 134 valence electrons. The molecule has 1 N–H and O–H groups in total. The number of fused-ring (bicyclic) bond motifs is 1. The lowest BCUT2D eigenvalue weighted by Crippen LogP contribution is -2.44. The Balaban J connectivity index is 1.58. The van der Waals surface area contributed by atoms with Crippen LogP contribution in [0.1, 0.15) is 19.4 Å². The number of urea groups is 1. The summed E-state index contributed by atoms with van der Waals surface area (Å²) in [7, 11) is 0. The number of aromatic nitrogens is 2. The third-order valence-corrected chi connectivity index (χ3v) is 4.04. The quantitative estimate of drug-likeness (QED) is 0.873. The van der Waals surface area contributed by atoms with Gasteiger partial charge in [0.05, 0.1) is 6.54 Å². The van der Waals surface area contributed by atoms with Crippen molar-refractivity contribution < 1.29 is 14.3 Å². The standard InChI is InChI=1S/C18H24N4O3/c1-3-21(18(23)20-14(2)12-22-8-4-7-19-22)13-15-5-6-16-17(11-15)25-10-9-24-16/h4-8,11,14H,3,9-10,12-13H2,1-2H3,(H,20,23). The molecule has 7 heteroatoms. The first-order chi connectivity index (χ1) is 12.2. The van der Waals surface area contributed by atoms with E-state index in [4.69, 9.17) is 9.47 Å². The van der Waals surface area contributed by atoms with E-state index in [0.717, 1.165) is 17.1 Å². The second kappa shape index (κ2) is 7.92. The highest BCUT2D eigenvalue weighted by molar-refractivity contribution is 5.74. The van der Waals surface area contributed by atoms with Crippen molar-refractivity contribution in [3.8, 4) is 11.5 Å². The van der Waals surface area contributed by atoms with Gasteiger partial charge in [0.2, 0.25) is 0 Å². The van der Waals surface area contributed by atoms with E-state index >= 15 is 0 Å². The maximum atomic E-state index is 12.5. The summed E-state index contributed by atoms with van der Waals surface area (Å²) in [4.78, 5) is 14.3. The summed E-state index contributed by atoms with van der Waals surface area (Å²) in [6.45, 7) is 6.85. The molecule has 0 saturated heterocycles. The summed E-state index contributed by atoms with van der Waals surface area (Å²) < 4.78 is 13.0. The first-order valence-electron chi connectivity index (χ1n) is 8.57. The minimum atomic E-state index is -0.0861. The normalized spacial score (nSPS) is 14.0. The van der Waals surface area contributed by atoms with Gasteiger partial charge in [-0.3, -0.25) is 4.68 Å². The Hall–Kier alpha value is -2.70. The number of benzene rings is 1. The largest absolute Gasteiger partial charge is 0.486 e. The fourth-order valence-corrected chi connectivity index (χ4v) is 2.77. The fraction of sp³-hybridized carbons (Fsp3) is 0.444. The molecule has 0 aliphatic carbocycles. The number of amides is 2. The Bertz CT molecular complexity index is 702. The molecule has 25 heavy (non-hydrogen) atoms. The molecule has 1 atom stereocenters. The van der Waals surface area contributed by atoms with Crippen molar-refractivity contribution in [3.05, 3.63) is 42.2 Å². The van der Waals surface area contributed by atoms with E-state index in [0.29, 0.717) is 32.8 Å². The Labute approximate surface area is 147 Å². The molecule has 2 heterocycles. The Morgan fingerprint density at radius 3 is 2.88 bits per heavy atom. The minimum absolute atomic E-state index is 0.0123. The molecule has 1 aromatic heterocycles. The zero-order valence-corrected chi connectivity index (χ0v) is 14.6. The van der Waals surface area contributed by atoms with Gasteiger partial charge >= 0.3 is 6.03 Å². The third-order valence-electron chi connectivity index (χ3n) is 4.04. The number of hydrogen-bond donors (Lipinski definition) is 1. The maximum Gasteiger partial charge on any atom is 0.317 e. The lowest BCUT2D eigenvalue weighted by molar-refractivity contribution is 0.171. The number of ether oxygens (including phenoxy) is 2. The van der Waals surface area contributed by atoms with Gasteiger partial charge in [0.15, 0.2) is 11.5 Å². The molecule has 1 aromatic carbocycles. The maximum absolute atomic E-state index is 12.5. The number of hydrogen-bond acceptors (Lipinski definition) is 4. The van der Waals surface area contributed by atoms with Crippen molar-refractivity contribution in [1.29, 1.82) is 0 Å². The molecule has 0 radical (unpaired) electrons. The molecule has 0 bridgehead atoms.